The molecule has 23 heavy (non-hydrogen) atoms. The number of thioether (sulfide) groups is 1. The van der Waals surface area contributed by atoms with Gasteiger partial charge in [0, 0.05) is 43.7 Å². The maximum Gasteiger partial charge on any atom is 0.222 e. The first-order valence-electron chi connectivity index (χ1n) is 8.14. The molecule has 3 rings (SSSR count). The summed E-state index contributed by atoms with van der Waals surface area (Å²) in [6.45, 7) is 2.11. The lowest BCUT2D eigenvalue weighted by molar-refractivity contribution is -0.125. The van der Waals surface area contributed by atoms with Crippen LogP contribution in [0.25, 0.3) is 0 Å². The van der Waals surface area contributed by atoms with Gasteiger partial charge in [0.25, 0.3) is 0 Å². The summed E-state index contributed by atoms with van der Waals surface area (Å²) < 4.78 is 19.1. The fourth-order valence-corrected chi connectivity index (χ4v) is 4.23. The Morgan fingerprint density at radius 2 is 2.26 bits per heavy atom. The summed E-state index contributed by atoms with van der Waals surface area (Å²) in [6, 6.07) is 6.77. The zero-order chi connectivity index (χ0) is 16.1. The first-order valence-corrected chi connectivity index (χ1v) is 9.29. The number of benzene rings is 1. The van der Waals surface area contributed by atoms with E-state index in [1.54, 1.807) is 6.07 Å². The van der Waals surface area contributed by atoms with E-state index in [1.165, 1.54) is 12.1 Å². The van der Waals surface area contributed by atoms with Crippen molar-refractivity contribution in [2.75, 3.05) is 31.3 Å². The monoisotopic (exact) mass is 338 g/mol. The fourth-order valence-electron chi connectivity index (χ4n) is 3.28. The maximum atomic E-state index is 13.6. The number of carbonyl (C=O) groups is 1. The van der Waals surface area contributed by atoms with E-state index < -0.39 is 5.54 Å². The number of nitrogens with one attached hydrogen (secondary N) is 2. The maximum absolute atomic E-state index is 13.6. The normalized spacial score (nSPS) is 24.1. The largest absolute Gasteiger partial charge is 0.381 e. The van der Waals surface area contributed by atoms with Crippen LogP contribution < -0.4 is 10.6 Å². The highest BCUT2D eigenvalue weighted by Crippen LogP contribution is 2.32. The Morgan fingerprint density at radius 1 is 1.43 bits per heavy atom. The molecular weight excluding hydrogens is 315 g/mol. The summed E-state index contributed by atoms with van der Waals surface area (Å²) in [6.07, 6.45) is 1.81. The molecule has 1 aromatic rings. The van der Waals surface area contributed by atoms with Gasteiger partial charge in [0.15, 0.2) is 0 Å². The van der Waals surface area contributed by atoms with Gasteiger partial charge in [-0.1, -0.05) is 12.1 Å². The van der Waals surface area contributed by atoms with Crippen LogP contribution in [-0.4, -0.2) is 43.2 Å². The van der Waals surface area contributed by atoms with Gasteiger partial charge in [-0.3, -0.25) is 4.79 Å². The second-order valence-electron chi connectivity index (χ2n) is 6.18. The van der Waals surface area contributed by atoms with Crippen molar-refractivity contribution in [3.8, 4) is 0 Å². The van der Waals surface area contributed by atoms with Gasteiger partial charge in [-0.2, -0.15) is 11.8 Å². The molecule has 6 heteroatoms. The number of carbonyl (C=O) groups excluding carboxylic acids is 1. The summed E-state index contributed by atoms with van der Waals surface area (Å²) in [7, 11) is 0. The Balaban J connectivity index is 1.72. The van der Waals surface area contributed by atoms with Crippen molar-refractivity contribution in [2.24, 2.45) is 0 Å². The average molecular weight is 338 g/mol. The van der Waals surface area contributed by atoms with E-state index in [0.29, 0.717) is 32.5 Å². The number of hydrogen-bond donors (Lipinski definition) is 2. The molecule has 2 aliphatic rings. The SMILES string of the molecule is O=C(CC1CSCCN1)NC1(c2cccc(F)c2)CCOCC1. The lowest BCUT2D eigenvalue weighted by atomic mass is 9.82. The molecule has 0 aliphatic carbocycles. The number of ether oxygens (including phenoxy) is 1. The van der Waals surface area contributed by atoms with Crippen LogP contribution in [0.15, 0.2) is 24.3 Å². The molecule has 0 spiro atoms. The lowest BCUT2D eigenvalue weighted by Gasteiger charge is -2.39. The standard InChI is InChI=1S/C17H23FN2O2S/c18-14-3-1-2-13(10-14)17(4-7-22-8-5-17)20-16(21)11-15-12-23-9-6-19-15/h1-3,10,15,19H,4-9,11-12H2,(H,20,21). The predicted octanol–water partition coefficient (Wildman–Crippen LogP) is 2.04. The molecule has 2 heterocycles. The molecule has 1 aromatic carbocycles. The van der Waals surface area contributed by atoms with E-state index in [-0.39, 0.29) is 17.8 Å². The van der Waals surface area contributed by atoms with Crippen molar-refractivity contribution < 1.29 is 13.9 Å². The van der Waals surface area contributed by atoms with Crippen molar-refractivity contribution in [2.45, 2.75) is 30.8 Å². The van der Waals surface area contributed by atoms with E-state index in [1.807, 2.05) is 17.8 Å². The Labute approximate surface area is 140 Å². The summed E-state index contributed by atoms with van der Waals surface area (Å²) in [5.74, 6) is 1.82. The average Bonchev–Trinajstić information content (AvgIpc) is 2.56. The van der Waals surface area contributed by atoms with E-state index in [4.69, 9.17) is 4.74 Å². The lowest BCUT2D eigenvalue weighted by Crippen LogP contribution is -2.51. The Morgan fingerprint density at radius 3 is 2.96 bits per heavy atom. The summed E-state index contributed by atoms with van der Waals surface area (Å²) in [5, 5.41) is 6.57. The van der Waals surface area contributed by atoms with E-state index in [9.17, 15) is 9.18 Å². The zero-order valence-electron chi connectivity index (χ0n) is 13.1. The molecule has 2 saturated heterocycles. The fraction of sp³-hybridized carbons (Fsp3) is 0.588. The minimum atomic E-state index is -0.515. The molecule has 126 valence electrons. The summed E-state index contributed by atoms with van der Waals surface area (Å²) in [4.78, 5) is 12.5. The summed E-state index contributed by atoms with van der Waals surface area (Å²) >= 11 is 1.88. The second kappa shape index (κ2) is 7.64. The third-order valence-corrected chi connectivity index (χ3v) is 5.66. The van der Waals surface area contributed by atoms with Gasteiger partial charge in [0.05, 0.1) is 5.54 Å². The highest BCUT2D eigenvalue weighted by molar-refractivity contribution is 7.99. The second-order valence-corrected chi connectivity index (χ2v) is 7.33. The molecule has 0 saturated carbocycles. The topological polar surface area (TPSA) is 50.4 Å². The van der Waals surface area contributed by atoms with Crippen LogP contribution in [0.5, 0.6) is 0 Å². The van der Waals surface area contributed by atoms with Gasteiger partial charge in [-0.15, -0.1) is 0 Å². The molecule has 0 bridgehead atoms. The zero-order valence-corrected chi connectivity index (χ0v) is 14.0. The van der Waals surface area contributed by atoms with Crippen LogP contribution >= 0.6 is 11.8 Å². The van der Waals surface area contributed by atoms with Crippen molar-refractivity contribution in [3.05, 3.63) is 35.6 Å². The molecule has 1 unspecified atom stereocenters. The van der Waals surface area contributed by atoms with Gasteiger partial charge in [0.1, 0.15) is 5.82 Å². The van der Waals surface area contributed by atoms with Crippen LogP contribution in [0.3, 0.4) is 0 Å². The van der Waals surface area contributed by atoms with E-state index in [2.05, 4.69) is 10.6 Å². The molecule has 2 aliphatic heterocycles. The van der Waals surface area contributed by atoms with Crippen LogP contribution in [0.4, 0.5) is 4.39 Å². The minimum absolute atomic E-state index is 0.0242. The molecule has 0 aromatic heterocycles. The van der Waals surface area contributed by atoms with Crippen molar-refractivity contribution in [3.63, 3.8) is 0 Å². The van der Waals surface area contributed by atoms with Crippen molar-refractivity contribution >= 4 is 17.7 Å². The molecule has 1 atom stereocenters. The highest BCUT2D eigenvalue weighted by Gasteiger charge is 2.36. The smallest absolute Gasteiger partial charge is 0.222 e. The molecule has 0 radical (unpaired) electrons. The molecule has 2 N–H and O–H groups in total. The van der Waals surface area contributed by atoms with E-state index in [0.717, 1.165) is 23.6 Å². The minimum Gasteiger partial charge on any atom is -0.381 e. The Bertz CT molecular complexity index is 543. The van der Waals surface area contributed by atoms with Gasteiger partial charge >= 0.3 is 0 Å². The number of rotatable bonds is 4. The van der Waals surface area contributed by atoms with E-state index >= 15 is 0 Å². The van der Waals surface area contributed by atoms with Crippen molar-refractivity contribution in [1.82, 2.24) is 10.6 Å². The summed E-state index contributed by atoms with van der Waals surface area (Å²) in [5.41, 5.74) is 0.319. The molecule has 4 nitrogen and oxygen atoms in total. The first kappa shape index (κ1) is 16.7. The number of halogens is 1. The molecule has 2 fully saturated rings. The quantitative estimate of drug-likeness (QED) is 0.882. The number of amides is 1. The van der Waals surface area contributed by atoms with Crippen molar-refractivity contribution in [1.29, 1.82) is 0 Å². The Kier molecular flexibility index (Phi) is 5.56. The van der Waals surface area contributed by atoms with Crippen LogP contribution in [0.1, 0.15) is 24.8 Å². The van der Waals surface area contributed by atoms with Crippen LogP contribution in [-0.2, 0) is 15.1 Å². The number of hydrogen-bond acceptors (Lipinski definition) is 4. The first-order chi connectivity index (χ1) is 11.2. The van der Waals surface area contributed by atoms with Gasteiger partial charge in [0.2, 0.25) is 5.91 Å². The Hall–Kier alpha value is -1.11. The predicted molar refractivity (Wildman–Crippen MR) is 90.0 cm³/mol. The van der Waals surface area contributed by atoms with Crippen LogP contribution in [0, 0.1) is 5.82 Å². The highest BCUT2D eigenvalue weighted by atomic mass is 32.2. The van der Waals surface area contributed by atoms with Gasteiger partial charge < -0.3 is 15.4 Å². The molecule has 1 amide bonds. The van der Waals surface area contributed by atoms with Crippen LogP contribution in [0.2, 0.25) is 0 Å². The third kappa shape index (κ3) is 4.25. The molecular formula is C17H23FN2O2S. The third-order valence-electron chi connectivity index (χ3n) is 4.53. The van der Waals surface area contributed by atoms with Gasteiger partial charge in [-0.05, 0) is 30.5 Å². The van der Waals surface area contributed by atoms with Gasteiger partial charge in [-0.25, -0.2) is 4.39 Å².